The number of rotatable bonds is 6. The molecule has 0 aliphatic heterocycles. The normalized spacial score (nSPS) is 45.5. The Morgan fingerprint density at radius 3 is 2.35 bits per heavy atom. The molecule has 0 aromatic heterocycles. The molecular weight excluding hydrogens is 404 g/mol. The molecule has 4 fully saturated rings. The lowest BCUT2D eigenvalue weighted by atomic mass is 9.44. The van der Waals surface area contributed by atoms with Crippen molar-refractivity contribution in [3.8, 4) is 0 Å². The van der Waals surface area contributed by atoms with E-state index in [1.54, 1.807) is 0 Å². The lowest BCUT2D eigenvalue weighted by molar-refractivity contribution is -0.128. The van der Waals surface area contributed by atoms with Crippen LogP contribution in [0, 0.1) is 52.3 Å². The van der Waals surface area contributed by atoms with Crippen molar-refractivity contribution >= 4 is 17.0 Å². The van der Waals surface area contributed by atoms with Gasteiger partial charge in [0.25, 0.3) is 0 Å². The largest absolute Gasteiger partial charge is 0.450 e. The van der Waals surface area contributed by atoms with E-state index in [9.17, 15) is 4.79 Å². The molecule has 0 heterocycles. The van der Waals surface area contributed by atoms with Gasteiger partial charge >= 0.3 is 5.43 Å². The predicted octanol–water partition coefficient (Wildman–Crippen LogP) is 8.85. The highest BCUT2D eigenvalue weighted by Gasteiger charge is 2.60. The van der Waals surface area contributed by atoms with Crippen molar-refractivity contribution in [2.24, 2.45) is 52.3 Å². The van der Waals surface area contributed by atoms with E-state index in [0.717, 1.165) is 48.3 Å². The van der Waals surface area contributed by atoms with Gasteiger partial charge in [0.05, 0.1) is 0 Å². The van der Waals surface area contributed by atoms with Crippen molar-refractivity contribution in [2.75, 3.05) is 0 Å². The van der Waals surface area contributed by atoms with Crippen molar-refractivity contribution in [3.05, 3.63) is 0 Å². The lowest BCUT2D eigenvalue weighted by Gasteiger charge is -2.61. The number of hydrogen-bond donors (Lipinski definition) is 0. The summed E-state index contributed by atoms with van der Waals surface area (Å²) >= 11 is 5.53. The van der Waals surface area contributed by atoms with Crippen molar-refractivity contribution < 1.29 is 9.53 Å². The molecule has 0 aromatic carbocycles. The highest BCUT2D eigenvalue weighted by molar-refractivity contribution is 6.61. The highest BCUT2D eigenvalue weighted by Crippen LogP contribution is 2.68. The first-order valence-corrected chi connectivity index (χ1v) is 13.9. The zero-order valence-electron chi connectivity index (χ0n) is 20.8. The molecule has 0 bridgehead atoms. The van der Waals surface area contributed by atoms with Gasteiger partial charge in [-0.2, -0.15) is 0 Å². The van der Waals surface area contributed by atoms with Gasteiger partial charge in [0.2, 0.25) is 0 Å². The van der Waals surface area contributed by atoms with Gasteiger partial charge in [0.15, 0.2) is 0 Å². The predicted molar refractivity (Wildman–Crippen MR) is 129 cm³/mol. The lowest BCUT2D eigenvalue weighted by Crippen LogP contribution is -2.54. The fourth-order valence-electron chi connectivity index (χ4n) is 9.48. The van der Waals surface area contributed by atoms with Crippen molar-refractivity contribution in [2.45, 2.75) is 118 Å². The Balaban J connectivity index is 1.43. The Bertz CT molecular complexity index is 647. The molecule has 2 nitrogen and oxygen atoms in total. The van der Waals surface area contributed by atoms with Crippen LogP contribution in [0.2, 0.25) is 0 Å². The second-order valence-corrected chi connectivity index (χ2v) is 13.2. The van der Waals surface area contributed by atoms with Gasteiger partial charge in [-0.3, -0.25) is 0 Å². The molecule has 0 radical (unpaired) electrons. The Kier molecular flexibility index (Phi) is 7.08. The van der Waals surface area contributed by atoms with Gasteiger partial charge in [-0.25, -0.2) is 4.79 Å². The fourth-order valence-corrected chi connectivity index (χ4v) is 9.61. The average Bonchev–Trinajstić information content (AvgIpc) is 3.05. The number of carbonyl (C=O) groups excluding carboxylic acids is 1. The number of hydrogen-bond acceptors (Lipinski definition) is 2. The number of carbonyl (C=O) groups is 1. The van der Waals surface area contributed by atoms with E-state index in [-0.39, 0.29) is 6.10 Å². The molecule has 0 N–H and O–H groups in total. The van der Waals surface area contributed by atoms with Gasteiger partial charge in [-0.15, -0.1) is 0 Å². The zero-order valence-corrected chi connectivity index (χ0v) is 21.6. The van der Waals surface area contributed by atoms with Crippen molar-refractivity contribution in [1.82, 2.24) is 0 Å². The minimum atomic E-state index is -0.616. The standard InChI is InChI=1S/C28H47ClO2/c1-18(2)7-6-8-19(3)23-11-12-24-22-10-9-20-17-21(31-26(29)30)13-15-27(20,4)25(22)14-16-28(23,24)5/h18-25H,6-17H2,1-5H3. The van der Waals surface area contributed by atoms with Gasteiger partial charge < -0.3 is 4.74 Å². The first-order chi connectivity index (χ1) is 14.6. The highest BCUT2D eigenvalue weighted by atomic mass is 35.5. The molecule has 0 saturated heterocycles. The van der Waals surface area contributed by atoms with E-state index in [2.05, 4.69) is 34.6 Å². The molecule has 9 unspecified atom stereocenters. The maximum atomic E-state index is 11.3. The summed E-state index contributed by atoms with van der Waals surface area (Å²) in [4.78, 5) is 11.3. The quantitative estimate of drug-likeness (QED) is 0.377. The van der Waals surface area contributed by atoms with Crippen LogP contribution in [0.5, 0.6) is 0 Å². The van der Waals surface area contributed by atoms with Crippen molar-refractivity contribution in [3.63, 3.8) is 0 Å². The molecule has 4 saturated carbocycles. The third kappa shape index (κ3) is 4.45. The van der Waals surface area contributed by atoms with Gasteiger partial charge in [0, 0.05) is 11.6 Å². The Morgan fingerprint density at radius 2 is 1.65 bits per heavy atom. The molecule has 4 aliphatic rings. The van der Waals surface area contributed by atoms with E-state index in [1.807, 2.05) is 0 Å². The SMILES string of the molecule is CC(C)CCCC(C)C1CCC2C3CCC4CC(OC(=O)Cl)CCC4(C)C3CCC12C. The molecule has 4 aliphatic carbocycles. The molecular formula is C28H47ClO2. The van der Waals surface area contributed by atoms with Crippen LogP contribution in [0.15, 0.2) is 0 Å². The number of fused-ring (bicyclic) bond motifs is 5. The first kappa shape index (κ1) is 23.9. The van der Waals surface area contributed by atoms with Gasteiger partial charge in [0.1, 0.15) is 6.10 Å². The summed E-state index contributed by atoms with van der Waals surface area (Å²) in [7, 11) is 0. The van der Waals surface area contributed by atoms with Crippen LogP contribution in [0.25, 0.3) is 0 Å². The fraction of sp³-hybridized carbons (Fsp3) is 0.964. The van der Waals surface area contributed by atoms with Gasteiger partial charge in [-0.1, -0.05) is 53.9 Å². The second-order valence-electron chi connectivity index (χ2n) is 12.9. The van der Waals surface area contributed by atoms with Crippen LogP contribution < -0.4 is 0 Å². The van der Waals surface area contributed by atoms with Crippen LogP contribution in [-0.4, -0.2) is 11.5 Å². The van der Waals surface area contributed by atoms with E-state index < -0.39 is 5.43 Å². The Morgan fingerprint density at radius 1 is 0.935 bits per heavy atom. The summed E-state index contributed by atoms with van der Waals surface area (Å²) in [5.41, 5.74) is 0.406. The Hall–Kier alpha value is -0.240. The molecule has 9 atom stereocenters. The van der Waals surface area contributed by atoms with Crippen LogP contribution in [0.3, 0.4) is 0 Å². The van der Waals surface area contributed by atoms with E-state index in [4.69, 9.17) is 16.3 Å². The van der Waals surface area contributed by atoms with E-state index in [0.29, 0.717) is 16.7 Å². The first-order valence-electron chi connectivity index (χ1n) is 13.5. The summed E-state index contributed by atoms with van der Waals surface area (Å²) in [6, 6.07) is 0. The molecule has 0 amide bonds. The monoisotopic (exact) mass is 450 g/mol. The summed E-state index contributed by atoms with van der Waals surface area (Å²) in [5, 5.41) is 0. The maximum absolute atomic E-state index is 11.3. The van der Waals surface area contributed by atoms with Crippen LogP contribution in [-0.2, 0) is 4.74 Å². The third-order valence-corrected chi connectivity index (χ3v) is 11.2. The van der Waals surface area contributed by atoms with Gasteiger partial charge in [-0.05, 0) is 110 Å². The zero-order chi connectivity index (χ0) is 22.4. The summed E-state index contributed by atoms with van der Waals surface area (Å²) in [6.07, 6.45) is 16.1. The second kappa shape index (κ2) is 9.19. The van der Waals surface area contributed by atoms with Crippen LogP contribution >= 0.6 is 11.6 Å². The summed E-state index contributed by atoms with van der Waals surface area (Å²) in [6.45, 7) is 12.6. The molecule has 0 spiro atoms. The average molecular weight is 451 g/mol. The molecule has 0 aromatic rings. The molecule has 31 heavy (non-hydrogen) atoms. The topological polar surface area (TPSA) is 26.3 Å². The minimum Gasteiger partial charge on any atom is -0.450 e. The Labute approximate surface area is 196 Å². The van der Waals surface area contributed by atoms with Crippen molar-refractivity contribution in [1.29, 1.82) is 0 Å². The third-order valence-electron chi connectivity index (χ3n) is 11.1. The summed E-state index contributed by atoms with van der Waals surface area (Å²) < 4.78 is 5.42. The molecule has 178 valence electrons. The van der Waals surface area contributed by atoms with E-state index in [1.165, 1.54) is 64.2 Å². The number of ether oxygens (including phenoxy) is 1. The minimum absolute atomic E-state index is 0.0519. The van der Waals surface area contributed by atoms with Crippen LogP contribution in [0.1, 0.15) is 112 Å². The molecule has 4 rings (SSSR count). The smallest absolute Gasteiger partial charge is 0.404 e. The van der Waals surface area contributed by atoms with Crippen LogP contribution in [0.4, 0.5) is 4.79 Å². The molecule has 3 heteroatoms. The number of halogens is 1. The summed E-state index contributed by atoms with van der Waals surface area (Å²) in [5.74, 6) is 6.13. The van der Waals surface area contributed by atoms with E-state index >= 15 is 0 Å². The maximum Gasteiger partial charge on any atom is 0.404 e.